The molecule has 2 aliphatic heterocycles. The number of pyridine rings is 1. The number of nitrogens with one attached hydrogen (secondary N) is 1. The van der Waals surface area contributed by atoms with E-state index in [2.05, 4.69) is 10.3 Å². The highest BCUT2D eigenvalue weighted by Crippen LogP contribution is 2.47. The van der Waals surface area contributed by atoms with Crippen LogP contribution in [0.2, 0.25) is 0 Å². The topological polar surface area (TPSA) is 82.6 Å². The fraction of sp³-hybridized carbons (Fsp3) is 0.375. The Morgan fingerprint density at radius 3 is 2.31 bits per heavy atom. The lowest BCUT2D eigenvalue weighted by atomic mass is 9.74. The molecule has 2 unspecified atom stereocenters. The van der Waals surface area contributed by atoms with Crippen LogP contribution < -0.4 is 10.2 Å². The Hall–Kier alpha value is -4.21. The van der Waals surface area contributed by atoms with E-state index in [9.17, 15) is 27.6 Å². The van der Waals surface area contributed by atoms with E-state index in [4.69, 9.17) is 0 Å². The van der Waals surface area contributed by atoms with Gasteiger partial charge in [-0.3, -0.25) is 14.4 Å². The van der Waals surface area contributed by atoms with Gasteiger partial charge in [-0.25, -0.2) is 18.2 Å². The van der Waals surface area contributed by atoms with Crippen molar-refractivity contribution in [1.82, 2.24) is 15.2 Å². The standard InChI is InChI=1S/C32H31F3N4O3/c1-18-6-3-7-19(2)29(18)39-15-20(14-26(39)40)31(42)38-16-32(17-38)13-5-10-25(32)37-30(41)24-12-11-23(35)28(36-24)27-21(33)8-4-9-22(27)34/h3-4,6-9,11-12,20,25H,5,10,13-17H2,1-2H3,(H,37,41). The van der Waals surface area contributed by atoms with Gasteiger partial charge in [0.05, 0.1) is 11.5 Å². The largest absolute Gasteiger partial charge is 0.347 e. The first-order valence-corrected chi connectivity index (χ1v) is 14.1. The van der Waals surface area contributed by atoms with Crippen molar-refractivity contribution in [2.24, 2.45) is 11.3 Å². The molecule has 3 aliphatic rings. The van der Waals surface area contributed by atoms with Crippen LogP contribution in [0.25, 0.3) is 11.3 Å². The number of hydrogen-bond acceptors (Lipinski definition) is 4. The summed E-state index contributed by atoms with van der Waals surface area (Å²) in [6, 6.07) is 10.9. The number of benzene rings is 2. The molecule has 218 valence electrons. The minimum Gasteiger partial charge on any atom is -0.347 e. The predicted molar refractivity (Wildman–Crippen MR) is 150 cm³/mol. The molecule has 3 aromatic rings. The van der Waals surface area contributed by atoms with Crippen LogP contribution in [-0.2, 0) is 9.59 Å². The van der Waals surface area contributed by atoms with E-state index in [0.717, 1.165) is 47.9 Å². The molecule has 1 aliphatic carbocycles. The maximum absolute atomic E-state index is 14.5. The van der Waals surface area contributed by atoms with E-state index < -0.39 is 40.5 Å². The Morgan fingerprint density at radius 2 is 1.62 bits per heavy atom. The summed E-state index contributed by atoms with van der Waals surface area (Å²) in [5, 5.41) is 2.98. The van der Waals surface area contributed by atoms with Crippen LogP contribution in [0.4, 0.5) is 18.9 Å². The van der Waals surface area contributed by atoms with Gasteiger partial charge in [-0.2, -0.15) is 0 Å². The van der Waals surface area contributed by atoms with Crippen molar-refractivity contribution in [1.29, 1.82) is 0 Å². The highest BCUT2D eigenvalue weighted by molar-refractivity contribution is 6.01. The number of amides is 3. The first-order chi connectivity index (χ1) is 20.1. The van der Waals surface area contributed by atoms with Crippen molar-refractivity contribution in [3.63, 3.8) is 0 Å². The molecule has 3 amide bonds. The van der Waals surface area contributed by atoms with Crippen molar-refractivity contribution >= 4 is 23.4 Å². The molecular formula is C32H31F3N4O3. The van der Waals surface area contributed by atoms with Crippen LogP contribution in [0.5, 0.6) is 0 Å². The molecule has 2 aromatic carbocycles. The molecule has 3 fully saturated rings. The molecule has 2 saturated heterocycles. The number of aryl methyl sites for hydroxylation is 2. The van der Waals surface area contributed by atoms with Crippen molar-refractivity contribution in [2.75, 3.05) is 24.5 Å². The van der Waals surface area contributed by atoms with Crippen LogP contribution >= 0.6 is 0 Å². The van der Waals surface area contributed by atoms with Crippen molar-refractivity contribution in [2.45, 2.75) is 45.6 Å². The van der Waals surface area contributed by atoms with Gasteiger partial charge >= 0.3 is 0 Å². The number of nitrogens with zero attached hydrogens (tertiary/aromatic N) is 3. The smallest absolute Gasteiger partial charge is 0.270 e. The maximum atomic E-state index is 14.5. The maximum Gasteiger partial charge on any atom is 0.270 e. The highest BCUT2D eigenvalue weighted by Gasteiger charge is 2.54. The molecule has 0 bridgehead atoms. The van der Waals surface area contributed by atoms with Crippen molar-refractivity contribution < 1.29 is 27.6 Å². The molecule has 1 spiro atoms. The number of carbonyl (C=O) groups excluding carboxylic acids is 3. The summed E-state index contributed by atoms with van der Waals surface area (Å²) in [7, 11) is 0. The number of para-hydroxylation sites is 1. The summed E-state index contributed by atoms with van der Waals surface area (Å²) in [5.41, 5.74) is 1.20. The van der Waals surface area contributed by atoms with Gasteiger partial charge in [0.2, 0.25) is 11.8 Å². The Labute approximate surface area is 241 Å². The Morgan fingerprint density at radius 1 is 0.952 bits per heavy atom. The summed E-state index contributed by atoms with van der Waals surface area (Å²) in [6.45, 7) is 5.19. The SMILES string of the molecule is Cc1cccc(C)c1N1CC(C(=O)N2CC3(CCCC3NC(=O)c3ccc(F)c(-c4c(F)cccc4F)n3)C2)CC1=O. The molecular weight excluding hydrogens is 545 g/mol. The summed E-state index contributed by atoms with van der Waals surface area (Å²) in [5.74, 6) is -4.02. The molecule has 42 heavy (non-hydrogen) atoms. The van der Waals surface area contributed by atoms with Crippen molar-refractivity contribution in [3.8, 4) is 11.3 Å². The molecule has 3 heterocycles. The second-order valence-corrected chi connectivity index (χ2v) is 11.7. The third-order valence-electron chi connectivity index (χ3n) is 9.00. The number of anilines is 1. The lowest BCUT2D eigenvalue weighted by molar-refractivity contribution is -0.148. The monoisotopic (exact) mass is 576 g/mol. The number of likely N-dealkylation sites (tertiary alicyclic amines) is 1. The number of carbonyl (C=O) groups is 3. The van der Waals surface area contributed by atoms with E-state index in [1.807, 2.05) is 32.0 Å². The van der Waals surface area contributed by atoms with E-state index in [1.165, 1.54) is 12.1 Å². The average Bonchev–Trinajstić information content (AvgIpc) is 3.52. The van der Waals surface area contributed by atoms with Gasteiger partial charge in [0.25, 0.3) is 5.91 Å². The van der Waals surface area contributed by atoms with Gasteiger partial charge in [-0.15, -0.1) is 0 Å². The van der Waals surface area contributed by atoms with Gasteiger partial charge < -0.3 is 15.1 Å². The molecule has 1 saturated carbocycles. The quantitative estimate of drug-likeness (QED) is 0.466. The first-order valence-electron chi connectivity index (χ1n) is 14.1. The lowest BCUT2D eigenvalue weighted by Crippen LogP contribution is -2.65. The second kappa shape index (κ2) is 10.6. The summed E-state index contributed by atoms with van der Waals surface area (Å²) in [6.07, 6.45) is 2.55. The van der Waals surface area contributed by atoms with Crippen LogP contribution in [0.3, 0.4) is 0 Å². The zero-order valence-electron chi connectivity index (χ0n) is 23.4. The van der Waals surface area contributed by atoms with E-state index in [0.29, 0.717) is 26.1 Å². The third kappa shape index (κ3) is 4.72. The summed E-state index contributed by atoms with van der Waals surface area (Å²) < 4.78 is 43.1. The lowest BCUT2D eigenvalue weighted by Gasteiger charge is -2.52. The number of aromatic nitrogens is 1. The number of halogens is 3. The van der Waals surface area contributed by atoms with Crippen LogP contribution in [0.15, 0.2) is 48.5 Å². The zero-order chi connectivity index (χ0) is 29.8. The van der Waals surface area contributed by atoms with Gasteiger partial charge in [0, 0.05) is 43.2 Å². The average molecular weight is 577 g/mol. The van der Waals surface area contributed by atoms with E-state index in [1.54, 1.807) is 9.80 Å². The minimum absolute atomic E-state index is 0.0588. The van der Waals surface area contributed by atoms with Crippen LogP contribution in [-0.4, -0.2) is 53.3 Å². The van der Waals surface area contributed by atoms with E-state index >= 15 is 0 Å². The normalized spacial score (nSPS) is 21.1. The Bertz CT molecular complexity index is 1560. The van der Waals surface area contributed by atoms with Crippen molar-refractivity contribution in [3.05, 3.63) is 82.8 Å². The molecule has 6 rings (SSSR count). The Kier molecular flexibility index (Phi) is 7.03. The minimum atomic E-state index is -0.978. The fourth-order valence-electron chi connectivity index (χ4n) is 6.89. The summed E-state index contributed by atoms with van der Waals surface area (Å²) in [4.78, 5) is 47.0. The van der Waals surface area contributed by atoms with Crippen LogP contribution in [0, 0.1) is 42.6 Å². The number of rotatable bonds is 5. The molecule has 1 N–H and O–H groups in total. The highest BCUT2D eigenvalue weighted by atomic mass is 19.1. The molecule has 7 nitrogen and oxygen atoms in total. The fourth-order valence-corrected chi connectivity index (χ4v) is 6.89. The zero-order valence-corrected chi connectivity index (χ0v) is 23.4. The van der Waals surface area contributed by atoms with Gasteiger partial charge in [0.15, 0.2) is 0 Å². The molecule has 1 aromatic heterocycles. The first kappa shape index (κ1) is 27.9. The molecule has 0 radical (unpaired) electrons. The predicted octanol–water partition coefficient (Wildman–Crippen LogP) is 4.95. The van der Waals surface area contributed by atoms with Gasteiger partial charge in [-0.1, -0.05) is 30.7 Å². The summed E-state index contributed by atoms with van der Waals surface area (Å²) >= 11 is 0. The molecule has 10 heteroatoms. The second-order valence-electron chi connectivity index (χ2n) is 11.7. The van der Waals surface area contributed by atoms with Crippen LogP contribution in [0.1, 0.15) is 47.3 Å². The van der Waals surface area contributed by atoms with E-state index in [-0.39, 0.29) is 35.4 Å². The third-order valence-corrected chi connectivity index (χ3v) is 9.00. The number of hydrogen-bond donors (Lipinski definition) is 1. The molecule has 2 atom stereocenters. The van der Waals surface area contributed by atoms with Gasteiger partial charge in [-0.05, 0) is 62.1 Å². The Balaban J connectivity index is 1.12. The van der Waals surface area contributed by atoms with Gasteiger partial charge in [0.1, 0.15) is 28.8 Å².